The number of nitrogens with one attached hydrogen (secondary N) is 1. The first kappa shape index (κ1) is 15.5. The molecule has 0 aromatic carbocycles. The predicted molar refractivity (Wildman–Crippen MR) is 74.5 cm³/mol. The maximum atomic E-state index is 11.0. The van der Waals surface area contributed by atoms with Crippen molar-refractivity contribution < 1.29 is 9.53 Å². The van der Waals surface area contributed by atoms with Crippen LogP contribution < -0.4 is 5.32 Å². The molecular formula is C15H29NO2. The van der Waals surface area contributed by atoms with Crippen molar-refractivity contribution in [2.75, 3.05) is 13.7 Å². The molecular weight excluding hydrogens is 226 g/mol. The molecule has 0 spiro atoms. The van der Waals surface area contributed by atoms with Crippen molar-refractivity contribution in [2.24, 2.45) is 5.92 Å². The van der Waals surface area contributed by atoms with E-state index in [0.29, 0.717) is 12.5 Å². The zero-order chi connectivity index (χ0) is 13.2. The Bertz CT molecular complexity index is 231. The topological polar surface area (TPSA) is 38.3 Å². The minimum absolute atomic E-state index is 0.0966. The smallest absolute Gasteiger partial charge is 0.305 e. The van der Waals surface area contributed by atoms with E-state index >= 15 is 0 Å². The van der Waals surface area contributed by atoms with Crippen LogP contribution in [0.25, 0.3) is 0 Å². The van der Waals surface area contributed by atoms with Crippen LogP contribution in [-0.2, 0) is 9.53 Å². The molecule has 3 nitrogen and oxygen atoms in total. The largest absolute Gasteiger partial charge is 0.469 e. The molecule has 2 unspecified atom stereocenters. The minimum atomic E-state index is -0.0966. The minimum Gasteiger partial charge on any atom is -0.469 e. The number of hydrogen-bond acceptors (Lipinski definition) is 3. The molecule has 1 aliphatic carbocycles. The Balaban J connectivity index is 2.10. The molecule has 0 amide bonds. The highest BCUT2D eigenvalue weighted by molar-refractivity contribution is 5.69. The molecule has 0 heterocycles. The van der Waals surface area contributed by atoms with Gasteiger partial charge in [-0.25, -0.2) is 0 Å². The van der Waals surface area contributed by atoms with Crippen LogP contribution in [0.4, 0.5) is 0 Å². The molecule has 3 heteroatoms. The number of hydrogen-bond donors (Lipinski definition) is 1. The van der Waals surface area contributed by atoms with Gasteiger partial charge in [-0.3, -0.25) is 4.79 Å². The van der Waals surface area contributed by atoms with Gasteiger partial charge in [0.2, 0.25) is 0 Å². The third-order valence-corrected chi connectivity index (χ3v) is 4.00. The molecule has 1 saturated carbocycles. The molecule has 18 heavy (non-hydrogen) atoms. The molecule has 106 valence electrons. The number of carbonyl (C=O) groups excluding carboxylic acids is 1. The van der Waals surface area contributed by atoms with Gasteiger partial charge in [0.05, 0.1) is 7.11 Å². The van der Waals surface area contributed by atoms with E-state index in [1.54, 1.807) is 0 Å². The van der Waals surface area contributed by atoms with Crippen molar-refractivity contribution in [3.63, 3.8) is 0 Å². The van der Waals surface area contributed by atoms with Crippen molar-refractivity contribution in [1.29, 1.82) is 0 Å². The molecule has 2 atom stereocenters. The number of rotatable bonds is 7. The average Bonchev–Trinajstić information content (AvgIpc) is 2.60. The highest BCUT2D eigenvalue weighted by Crippen LogP contribution is 2.26. The first-order valence-electron chi connectivity index (χ1n) is 7.56. The fourth-order valence-corrected chi connectivity index (χ4v) is 2.92. The summed E-state index contributed by atoms with van der Waals surface area (Å²) >= 11 is 0. The Morgan fingerprint density at radius 1 is 1.28 bits per heavy atom. The van der Waals surface area contributed by atoms with Gasteiger partial charge in [-0.1, -0.05) is 32.6 Å². The zero-order valence-corrected chi connectivity index (χ0v) is 12.0. The van der Waals surface area contributed by atoms with E-state index < -0.39 is 0 Å². The van der Waals surface area contributed by atoms with Crippen molar-refractivity contribution in [3.05, 3.63) is 0 Å². The van der Waals surface area contributed by atoms with Crippen molar-refractivity contribution in [3.8, 4) is 0 Å². The van der Waals surface area contributed by atoms with Crippen LogP contribution in [0.1, 0.15) is 64.7 Å². The van der Waals surface area contributed by atoms with Gasteiger partial charge in [-0.2, -0.15) is 0 Å². The molecule has 1 aliphatic rings. The summed E-state index contributed by atoms with van der Waals surface area (Å²) < 4.78 is 4.64. The summed E-state index contributed by atoms with van der Waals surface area (Å²) in [6, 6.07) is 0.671. The first-order valence-corrected chi connectivity index (χ1v) is 7.56. The Labute approximate surface area is 112 Å². The van der Waals surface area contributed by atoms with Gasteiger partial charge >= 0.3 is 5.97 Å². The third kappa shape index (κ3) is 6.39. The van der Waals surface area contributed by atoms with Gasteiger partial charge in [0.1, 0.15) is 0 Å². The van der Waals surface area contributed by atoms with Crippen LogP contribution >= 0.6 is 0 Å². The molecule has 0 bridgehead atoms. The maximum Gasteiger partial charge on any atom is 0.305 e. The standard InChI is InChI=1S/C15H29NO2/c1-3-6-13-7-4-8-14(11-10-13)16-12-5-9-15(17)18-2/h13-14,16H,3-12H2,1-2H3. The van der Waals surface area contributed by atoms with Gasteiger partial charge < -0.3 is 10.1 Å². The van der Waals surface area contributed by atoms with Crippen LogP contribution in [0.15, 0.2) is 0 Å². The fourth-order valence-electron chi connectivity index (χ4n) is 2.92. The zero-order valence-electron chi connectivity index (χ0n) is 12.0. The quantitative estimate of drug-likeness (QED) is 0.431. The van der Waals surface area contributed by atoms with E-state index in [0.717, 1.165) is 18.9 Å². The van der Waals surface area contributed by atoms with E-state index in [-0.39, 0.29) is 5.97 Å². The number of ether oxygens (including phenoxy) is 1. The van der Waals surface area contributed by atoms with E-state index in [2.05, 4.69) is 17.0 Å². The van der Waals surface area contributed by atoms with Crippen molar-refractivity contribution in [2.45, 2.75) is 70.8 Å². The summed E-state index contributed by atoms with van der Waals surface area (Å²) in [5.74, 6) is 0.859. The van der Waals surface area contributed by atoms with Crippen molar-refractivity contribution in [1.82, 2.24) is 5.32 Å². The van der Waals surface area contributed by atoms with Crippen LogP contribution in [0.5, 0.6) is 0 Å². The van der Waals surface area contributed by atoms with E-state index in [1.807, 2.05) is 0 Å². The molecule has 0 aromatic rings. The second-order valence-corrected chi connectivity index (χ2v) is 5.49. The lowest BCUT2D eigenvalue weighted by atomic mass is 9.95. The molecule has 0 saturated heterocycles. The molecule has 1 rings (SSSR count). The lowest BCUT2D eigenvalue weighted by Crippen LogP contribution is -2.29. The van der Waals surface area contributed by atoms with Crippen LogP contribution in [0.2, 0.25) is 0 Å². The van der Waals surface area contributed by atoms with Crippen LogP contribution in [0.3, 0.4) is 0 Å². The monoisotopic (exact) mass is 255 g/mol. The second kappa shape index (κ2) is 9.37. The van der Waals surface area contributed by atoms with E-state index in [4.69, 9.17) is 0 Å². The lowest BCUT2D eigenvalue weighted by Gasteiger charge is -2.16. The molecule has 1 N–H and O–H groups in total. The van der Waals surface area contributed by atoms with Gasteiger partial charge in [-0.05, 0) is 38.1 Å². The summed E-state index contributed by atoms with van der Waals surface area (Å²) in [6.45, 7) is 3.23. The summed E-state index contributed by atoms with van der Waals surface area (Å²) in [6.07, 6.45) is 10.9. The van der Waals surface area contributed by atoms with Gasteiger partial charge in [0, 0.05) is 12.5 Å². The summed E-state index contributed by atoms with van der Waals surface area (Å²) in [5, 5.41) is 3.60. The second-order valence-electron chi connectivity index (χ2n) is 5.49. The summed E-state index contributed by atoms with van der Waals surface area (Å²) in [5.41, 5.74) is 0. The van der Waals surface area contributed by atoms with Gasteiger partial charge in [0.15, 0.2) is 0 Å². The van der Waals surface area contributed by atoms with E-state index in [1.165, 1.54) is 52.1 Å². The highest BCUT2D eigenvalue weighted by atomic mass is 16.5. The lowest BCUT2D eigenvalue weighted by molar-refractivity contribution is -0.140. The van der Waals surface area contributed by atoms with Crippen LogP contribution in [-0.4, -0.2) is 25.7 Å². The Hall–Kier alpha value is -0.570. The fraction of sp³-hybridized carbons (Fsp3) is 0.933. The van der Waals surface area contributed by atoms with Gasteiger partial charge in [0.25, 0.3) is 0 Å². The highest BCUT2D eigenvalue weighted by Gasteiger charge is 2.17. The normalized spacial score (nSPS) is 24.6. The summed E-state index contributed by atoms with van der Waals surface area (Å²) in [7, 11) is 1.45. The Kier molecular flexibility index (Phi) is 8.06. The Morgan fingerprint density at radius 3 is 2.83 bits per heavy atom. The summed E-state index contributed by atoms with van der Waals surface area (Å²) in [4.78, 5) is 11.0. The number of carbonyl (C=O) groups is 1. The van der Waals surface area contributed by atoms with Gasteiger partial charge in [-0.15, -0.1) is 0 Å². The van der Waals surface area contributed by atoms with Crippen LogP contribution in [0, 0.1) is 5.92 Å². The number of esters is 1. The molecule has 0 aromatic heterocycles. The average molecular weight is 255 g/mol. The SMILES string of the molecule is CCCC1CCCC(NCCCC(=O)OC)CC1. The van der Waals surface area contributed by atoms with E-state index in [9.17, 15) is 4.79 Å². The number of methoxy groups -OCH3 is 1. The maximum absolute atomic E-state index is 11.0. The first-order chi connectivity index (χ1) is 8.76. The molecule has 0 radical (unpaired) electrons. The third-order valence-electron chi connectivity index (χ3n) is 4.00. The Morgan fingerprint density at radius 2 is 2.11 bits per heavy atom. The molecule has 1 fully saturated rings. The van der Waals surface area contributed by atoms with Crippen molar-refractivity contribution >= 4 is 5.97 Å². The predicted octanol–water partition coefficient (Wildman–Crippen LogP) is 3.28. The molecule has 0 aliphatic heterocycles.